The molecule has 0 saturated heterocycles. The molecule has 180 valence electrons. The van der Waals surface area contributed by atoms with Crippen LogP contribution in [0.15, 0.2) is 71.5 Å². The molecular weight excluding hydrogens is 462 g/mol. The second kappa shape index (κ2) is 8.31. The van der Waals surface area contributed by atoms with E-state index in [9.17, 15) is 19.5 Å². The largest absolute Gasteiger partial charge is 0.458 e. The Kier molecular flexibility index (Phi) is 5.08. The summed E-state index contributed by atoms with van der Waals surface area (Å²) in [7, 11) is 0. The predicted octanol–water partition coefficient (Wildman–Crippen LogP) is 3.31. The molecule has 0 bridgehead atoms. The number of esters is 1. The van der Waals surface area contributed by atoms with Crippen molar-refractivity contribution in [2.45, 2.75) is 25.2 Å². The summed E-state index contributed by atoms with van der Waals surface area (Å²) >= 11 is 0. The van der Waals surface area contributed by atoms with Crippen LogP contribution >= 0.6 is 0 Å². The molecular formula is C27H21N3O6. The number of aromatic nitrogens is 2. The highest BCUT2D eigenvalue weighted by molar-refractivity contribution is 5.87. The lowest BCUT2D eigenvalue weighted by Crippen LogP contribution is -2.45. The van der Waals surface area contributed by atoms with Crippen molar-refractivity contribution in [1.29, 1.82) is 0 Å². The van der Waals surface area contributed by atoms with Crippen molar-refractivity contribution >= 4 is 28.7 Å². The second-order valence-electron chi connectivity index (χ2n) is 8.82. The Morgan fingerprint density at radius 3 is 2.72 bits per heavy atom. The van der Waals surface area contributed by atoms with E-state index in [1.54, 1.807) is 34.9 Å². The number of aliphatic hydroxyl groups is 1. The maximum atomic E-state index is 13.4. The van der Waals surface area contributed by atoms with Gasteiger partial charge in [0.05, 0.1) is 35.6 Å². The SMILES string of the molecule is O=C(Nc1ccccc1)OCCC1(O)C(=O)OCc2c1cc1n(c2=O)Cc2cc3ccccc3nc2-1. The number of para-hydroxylation sites is 2. The van der Waals surface area contributed by atoms with E-state index < -0.39 is 17.7 Å². The van der Waals surface area contributed by atoms with Crippen molar-refractivity contribution in [3.05, 3.63) is 93.8 Å². The zero-order chi connectivity index (χ0) is 24.9. The normalized spacial score (nSPS) is 17.6. The van der Waals surface area contributed by atoms with Gasteiger partial charge < -0.3 is 19.1 Å². The van der Waals surface area contributed by atoms with E-state index in [0.29, 0.717) is 23.6 Å². The molecule has 2 aliphatic heterocycles. The maximum absolute atomic E-state index is 13.4. The molecule has 1 unspecified atom stereocenters. The van der Waals surface area contributed by atoms with Crippen molar-refractivity contribution in [2.75, 3.05) is 11.9 Å². The molecule has 0 radical (unpaired) electrons. The topological polar surface area (TPSA) is 120 Å². The first-order valence-corrected chi connectivity index (χ1v) is 11.5. The lowest BCUT2D eigenvalue weighted by molar-refractivity contribution is -0.173. The third-order valence-electron chi connectivity index (χ3n) is 6.62. The summed E-state index contributed by atoms with van der Waals surface area (Å²) in [6, 6.07) is 20.0. The number of fused-ring (bicyclic) bond motifs is 5. The van der Waals surface area contributed by atoms with Crippen LogP contribution in [0, 0.1) is 0 Å². The first-order chi connectivity index (χ1) is 17.4. The lowest BCUT2D eigenvalue weighted by Gasteiger charge is -2.32. The fraction of sp³-hybridized carbons (Fsp3) is 0.185. The molecule has 9 nitrogen and oxygen atoms in total. The van der Waals surface area contributed by atoms with Crippen molar-refractivity contribution in [3.63, 3.8) is 0 Å². The van der Waals surface area contributed by atoms with Crippen LogP contribution in [-0.4, -0.2) is 33.3 Å². The standard InChI is InChI=1S/C27H21N3O6/c31-24-19-15-36-25(32)27(34,10-11-35-26(33)28-18-7-2-1-3-8-18)20(19)13-22-23-17(14-30(22)24)12-16-6-4-5-9-21(16)29-23/h1-9,12-13,34H,10-11,14-15H2,(H,28,33). The van der Waals surface area contributed by atoms with E-state index in [4.69, 9.17) is 14.5 Å². The fourth-order valence-electron chi connectivity index (χ4n) is 4.79. The van der Waals surface area contributed by atoms with E-state index in [2.05, 4.69) is 5.32 Å². The molecule has 6 rings (SSSR count). The van der Waals surface area contributed by atoms with Gasteiger partial charge in [-0.2, -0.15) is 0 Å². The van der Waals surface area contributed by atoms with Crippen LogP contribution in [0.3, 0.4) is 0 Å². The maximum Gasteiger partial charge on any atom is 0.411 e. The van der Waals surface area contributed by atoms with Gasteiger partial charge in [0, 0.05) is 28.6 Å². The van der Waals surface area contributed by atoms with Crippen molar-refractivity contribution < 1.29 is 24.2 Å². The Hall–Kier alpha value is -4.50. The minimum atomic E-state index is -2.14. The van der Waals surface area contributed by atoms with Gasteiger partial charge >= 0.3 is 12.1 Å². The average molecular weight is 483 g/mol. The van der Waals surface area contributed by atoms with Crippen LogP contribution in [0.25, 0.3) is 22.3 Å². The van der Waals surface area contributed by atoms with Gasteiger partial charge in [-0.25, -0.2) is 14.6 Å². The van der Waals surface area contributed by atoms with Crippen molar-refractivity contribution in [1.82, 2.24) is 9.55 Å². The highest BCUT2D eigenvalue weighted by atomic mass is 16.6. The summed E-state index contributed by atoms with van der Waals surface area (Å²) in [6.07, 6.45) is -1.00. The summed E-state index contributed by atoms with van der Waals surface area (Å²) in [5.74, 6) is -0.892. The average Bonchev–Trinajstić information content (AvgIpc) is 3.24. The molecule has 1 amide bonds. The molecule has 2 N–H and O–H groups in total. The molecule has 0 spiro atoms. The highest BCUT2D eigenvalue weighted by Gasteiger charge is 2.46. The summed E-state index contributed by atoms with van der Waals surface area (Å²) in [6.45, 7) is -0.179. The molecule has 36 heavy (non-hydrogen) atoms. The van der Waals surface area contributed by atoms with E-state index in [1.165, 1.54) is 0 Å². The molecule has 0 aliphatic carbocycles. The number of pyridine rings is 2. The van der Waals surface area contributed by atoms with Gasteiger partial charge in [0.15, 0.2) is 5.60 Å². The summed E-state index contributed by atoms with van der Waals surface area (Å²) in [4.78, 5) is 43.0. The zero-order valence-corrected chi connectivity index (χ0v) is 19.1. The smallest absolute Gasteiger partial charge is 0.411 e. The monoisotopic (exact) mass is 483 g/mol. The van der Waals surface area contributed by atoms with Crippen LogP contribution in [0.4, 0.5) is 10.5 Å². The van der Waals surface area contributed by atoms with Gasteiger partial charge in [0.25, 0.3) is 5.56 Å². The number of nitrogens with one attached hydrogen (secondary N) is 1. The number of carbonyl (C=O) groups is 2. The number of carbonyl (C=O) groups excluding carboxylic acids is 2. The minimum Gasteiger partial charge on any atom is -0.458 e. The van der Waals surface area contributed by atoms with E-state index in [1.807, 2.05) is 36.4 Å². The number of amides is 1. The Labute approximate surface area is 204 Å². The third-order valence-corrected chi connectivity index (χ3v) is 6.62. The number of nitrogens with zero attached hydrogens (tertiary/aromatic N) is 2. The molecule has 0 saturated carbocycles. The van der Waals surface area contributed by atoms with Gasteiger partial charge in [0.1, 0.15) is 6.61 Å². The third kappa shape index (κ3) is 3.52. The number of hydrogen-bond donors (Lipinski definition) is 2. The van der Waals surface area contributed by atoms with Crippen LogP contribution in [-0.2, 0) is 33.0 Å². The first kappa shape index (κ1) is 22.0. The number of hydrogen-bond acceptors (Lipinski definition) is 7. The summed E-state index contributed by atoms with van der Waals surface area (Å²) < 4.78 is 12.0. The molecule has 1 atom stereocenters. The Morgan fingerprint density at radius 2 is 1.89 bits per heavy atom. The molecule has 2 aromatic carbocycles. The van der Waals surface area contributed by atoms with Crippen LogP contribution in [0.2, 0.25) is 0 Å². The van der Waals surface area contributed by atoms with E-state index in [-0.39, 0.29) is 36.3 Å². The summed E-state index contributed by atoms with van der Waals surface area (Å²) in [5, 5.41) is 14.9. The molecule has 0 fully saturated rings. The van der Waals surface area contributed by atoms with E-state index in [0.717, 1.165) is 16.5 Å². The van der Waals surface area contributed by atoms with Gasteiger partial charge in [-0.3, -0.25) is 10.1 Å². The number of cyclic esters (lactones) is 1. The summed E-state index contributed by atoms with van der Waals surface area (Å²) in [5.41, 5.74) is 1.23. The quantitative estimate of drug-likeness (QED) is 0.376. The number of ether oxygens (including phenoxy) is 2. The fourth-order valence-corrected chi connectivity index (χ4v) is 4.79. The molecule has 4 heterocycles. The Bertz CT molecular complexity index is 1600. The Morgan fingerprint density at radius 1 is 1.11 bits per heavy atom. The van der Waals surface area contributed by atoms with Crippen LogP contribution < -0.4 is 10.9 Å². The second-order valence-corrected chi connectivity index (χ2v) is 8.82. The first-order valence-electron chi connectivity index (χ1n) is 11.5. The van der Waals surface area contributed by atoms with Gasteiger partial charge in [0.2, 0.25) is 0 Å². The van der Waals surface area contributed by atoms with E-state index >= 15 is 0 Å². The molecule has 9 heteroatoms. The number of anilines is 1. The zero-order valence-electron chi connectivity index (χ0n) is 19.1. The molecule has 2 aliphatic rings. The van der Waals surface area contributed by atoms with Gasteiger partial charge in [-0.1, -0.05) is 36.4 Å². The van der Waals surface area contributed by atoms with Crippen molar-refractivity contribution in [3.8, 4) is 11.4 Å². The van der Waals surface area contributed by atoms with Crippen LogP contribution in [0.1, 0.15) is 23.1 Å². The number of rotatable bonds is 4. The minimum absolute atomic E-state index is 0.157. The predicted molar refractivity (Wildman–Crippen MR) is 130 cm³/mol. The molecule has 2 aromatic heterocycles. The van der Waals surface area contributed by atoms with Crippen LogP contribution in [0.5, 0.6) is 0 Å². The molecule has 4 aromatic rings. The number of benzene rings is 2. The van der Waals surface area contributed by atoms with Crippen molar-refractivity contribution in [2.24, 2.45) is 0 Å². The Balaban J connectivity index is 1.32. The van der Waals surface area contributed by atoms with Gasteiger partial charge in [-0.05, 0) is 30.3 Å². The highest BCUT2D eigenvalue weighted by Crippen LogP contribution is 2.38. The van der Waals surface area contributed by atoms with Gasteiger partial charge in [-0.15, -0.1) is 0 Å². The lowest BCUT2D eigenvalue weighted by atomic mass is 9.85.